The molecule has 0 aliphatic rings. The van der Waals surface area contributed by atoms with Crippen molar-refractivity contribution < 1.29 is 9.53 Å². The number of nitrogens with two attached hydrogens (primary N) is 1. The number of hydrogen-bond donors (Lipinski definition) is 1. The Morgan fingerprint density at radius 1 is 1.42 bits per heavy atom. The van der Waals surface area contributed by atoms with Crippen LogP contribution >= 0.6 is 11.3 Å². The fraction of sp³-hybridized carbons (Fsp3) is 0.286. The summed E-state index contributed by atoms with van der Waals surface area (Å²) in [7, 11) is 1.63. The molecule has 0 spiro atoms. The van der Waals surface area contributed by atoms with Crippen molar-refractivity contribution in [3.05, 3.63) is 40.4 Å². The van der Waals surface area contributed by atoms with Gasteiger partial charge in [-0.25, -0.2) is 4.98 Å². The van der Waals surface area contributed by atoms with E-state index in [1.54, 1.807) is 18.6 Å². The number of nitrogen functional groups attached to an aromatic ring is 1. The smallest absolute Gasteiger partial charge is 0.212 e. The van der Waals surface area contributed by atoms with Crippen molar-refractivity contribution in [2.75, 3.05) is 12.8 Å². The minimum absolute atomic E-state index is 0.113. The van der Waals surface area contributed by atoms with Gasteiger partial charge in [-0.3, -0.25) is 4.79 Å². The fourth-order valence-corrected chi connectivity index (χ4v) is 2.41. The second-order valence-electron chi connectivity index (χ2n) is 4.51. The number of ether oxygens (including phenoxy) is 1. The summed E-state index contributed by atoms with van der Waals surface area (Å²) in [6, 6.07) is 5.43. The van der Waals surface area contributed by atoms with Crippen LogP contribution in [0.15, 0.2) is 23.6 Å². The van der Waals surface area contributed by atoms with Gasteiger partial charge in [0.15, 0.2) is 5.13 Å². The molecule has 2 rings (SSSR count). The van der Waals surface area contributed by atoms with Crippen molar-refractivity contribution in [3.63, 3.8) is 0 Å². The third-order valence-electron chi connectivity index (χ3n) is 2.87. The van der Waals surface area contributed by atoms with Gasteiger partial charge >= 0.3 is 0 Å². The van der Waals surface area contributed by atoms with E-state index in [2.05, 4.69) is 18.8 Å². The number of hydrogen-bond acceptors (Lipinski definition) is 5. The highest BCUT2D eigenvalue weighted by atomic mass is 32.1. The Morgan fingerprint density at radius 2 is 2.16 bits per heavy atom. The lowest BCUT2D eigenvalue weighted by molar-refractivity contribution is 0.103. The molecule has 0 saturated heterocycles. The highest BCUT2D eigenvalue weighted by Crippen LogP contribution is 2.28. The van der Waals surface area contributed by atoms with Crippen molar-refractivity contribution in [3.8, 4) is 5.75 Å². The molecule has 0 bridgehead atoms. The summed E-state index contributed by atoms with van der Waals surface area (Å²) < 4.78 is 5.31. The fourth-order valence-electron chi connectivity index (χ4n) is 1.87. The zero-order chi connectivity index (χ0) is 14.0. The molecule has 0 amide bonds. The van der Waals surface area contributed by atoms with Gasteiger partial charge in [-0.1, -0.05) is 13.8 Å². The normalized spacial score (nSPS) is 10.7. The van der Waals surface area contributed by atoms with Crippen LogP contribution < -0.4 is 10.5 Å². The highest BCUT2D eigenvalue weighted by molar-refractivity contribution is 7.13. The monoisotopic (exact) mass is 276 g/mol. The first-order valence-electron chi connectivity index (χ1n) is 5.96. The van der Waals surface area contributed by atoms with E-state index in [-0.39, 0.29) is 11.7 Å². The zero-order valence-electron chi connectivity index (χ0n) is 11.1. The Kier molecular flexibility index (Phi) is 3.85. The summed E-state index contributed by atoms with van der Waals surface area (Å²) in [5, 5.41) is 2.08. The van der Waals surface area contributed by atoms with Gasteiger partial charge in [0.25, 0.3) is 0 Å². The lowest BCUT2D eigenvalue weighted by Gasteiger charge is -2.12. The molecule has 1 heterocycles. The number of rotatable bonds is 4. The van der Waals surface area contributed by atoms with Crippen LogP contribution in [0.2, 0.25) is 0 Å². The molecule has 1 aromatic heterocycles. The molecule has 0 aliphatic carbocycles. The molecule has 0 aliphatic heterocycles. The Hall–Kier alpha value is -1.88. The van der Waals surface area contributed by atoms with Gasteiger partial charge in [0, 0.05) is 10.9 Å². The molecule has 2 N–H and O–H groups in total. The minimum Gasteiger partial charge on any atom is -0.496 e. The van der Waals surface area contributed by atoms with E-state index in [1.165, 1.54) is 11.3 Å². The number of thiazole rings is 1. The molecule has 19 heavy (non-hydrogen) atoms. The Labute approximate surface area is 116 Å². The maximum Gasteiger partial charge on any atom is 0.212 e. The molecule has 5 heteroatoms. The Bertz CT molecular complexity index is 605. The average molecular weight is 276 g/mol. The molecule has 4 nitrogen and oxygen atoms in total. The number of ketones is 1. The lowest BCUT2D eigenvalue weighted by Crippen LogP contribution is -2.04. The summed E-state index contributed by atoms with van der Waals surface area (Å²) in [5.74, 6) is 0.963. The summed E-state index contributed by atoms with van der Waals surface area (Å²) in [6.07, 6.45) is 0. The summed E-state index contributed by atoms with van der Waals surface area (Å²) in [5.41, 5.74) is 7.56. The molecule has 0 radical (unpaired) electrons. The van der Waals surface area contributed by atoms with Gasteiger partial charge in [0.05, 0.1) is 7.11 Å². The van der Waals surface area contributed by atoms with Crippen molar-refractivity contribution in [2.45, 2.75) is 19.8 Å². The van der Waals surface area contributed by atoms with E-state index >= 15 is 0 Å². The molecule has 0 saturated carbocycles. The number of anilines is 1. The molecule has 0 fully saturated rings. The summed E-state index contributed by atoms with van der Waals surface area (Å²) in [6.45, 7) is 4.12. The molecule has 0 unspecified atom stereocenters. The number of carbonyl (C=O) groups excluding carboxylic acids is 1. The molecular weight excluding hydrogens is 260 g/mol. The first kappa shape index (κ1) is 13.5. The minimum atomic E-state index is -0.113. The third kappa shape index (κ3) is 2.76. The maximum absolute atomic E-state index is 12.3. The van der Waals surface area contributed by atoms with Gasteiger partial charge in [-0.15, -0.1) is 11.3 Å². The van der Waals surface area contributed by atoms with Crippen LogP contribution in [0, 0.1) is 0 Å². The van der Waals surface area contributed by atoms with Crippen LogP contribution in [0.1, 0.15) is 41.4 Å². The number of carbonyl (C=O) groups is 1. The number of aromatic nitrogens is 1. The first-order valence-corrected chi connectivity index (χ1v) is 6.84. The summed E-state index contributed by atoms with van der Waals surface area (Å²) >= 11 is 1.27. The van der Waals surface area contributed by atoms with Crippen LogP contribution in [0.5, 0.6) is 5.75 Å². The third-order valence-corrected chi connectivity index (χ3v) is 3.54. The van der Waals surface area contributed by atoms with Gasteiger partial charge in [-0.2, -0.15) is 0 Å². The van der Waals surface area contributed by atoms with E-state index < -0.39 is 0 Å². The predicted octanol–water partition coefficient (Wildman–Crippen LogP) is 3.09. The molecular formula is C14H16N2O2S. The van der Waals surface area contributed by atoms with E-state index in [1.807, 2.05) is 12.1 Å². The van der Waals surface area contributed by atoms with E-state index in [0.29, 0.717) is 16.4 Å². The molecule has 0 atom stereocenters. The Balaban J connectivity index is 2.40. The van der Waals surface area contributed by atoms with Crippen LogP contribution in [-0.2, 0) is 0 Å². The lowest BCUT2D eigenvalue weighted by atomic mass is 9.97. The topological polar surface area (TPSA) is 65.2 Å². The number of benzene rings is 1. The van der Waals surface area contributed by atoms with Gasteiger partial charge in [0.2, 0.25) is 5.78 Å². The molecule has 100 valence electrons. The largest absolute Gasteiger partial charge is 0.496 e. The van der Waals surface area contributed by atoms with Gasteiger partial charge < -0.3 is 10.5 Å². The van der Waals surface area contributed by atoms with Crippen LogP contribution in [-0.4, -0.2) is 17.9 Å². The average Bonchev–Trinajstić information content (AvgIpc) is 2.83. The SMILES string of the molecule is COc1ccc(C(=O)c2csc(N)n2)cc1C(C)C. The van der Waals surface area contributed by atoms with E-state index in [0.717, 1.165) is 11.3 Å². The van der Waals surface area contributed by atoms with Gasteiger partial charge in [0.1, 0.15) is 11.4 Å². The van der Waals surface area contributed by atoms with Crippen molar-refractivity contribution in [1.82, 2.24) is 4.98 Å². The number of methoxy groups -OCH3 is 1. The van der Waals surface area contributed by atoms with Crippen molar-refractivity contribution in [1.29, 1.82) is 0 Å². The number of nitrogens with zero attached hydrogens (tertiary/aromatic N) is 1. The zero-order valence-corrected chi connectivity index (χ0v) is 12.0. The first-order chi connectivity index (χ1) is 9.02. The van der Waals surface area contributed by atoms with E-state index in [4.69, 9.17) is 10.5 Å². The molecule has 2 aromatic rings. The van der Waals surface area contributed by atoms with Crippen molar-refractivity contribution in [2.24, 2.45) is 0 Å². The molecule has 1 aromatic carbocycles. The highest BCUT2D eigenvalue weighted by Gasteiger charge is 2.16. The summed E-state index contributed by atoms with van der Waals surface area (Å²) in [4.78, 5) is 16.3. The second-order valence-corrected chi connectivity index (χ2v) is 5.40. The van der Waals surface area contributed by atoms with Crippen LogP contribution in [0.25, 0.3) is 0 Å². The maximum atomic E-state index is 12.3. The Morgan fingerprint density at radius 3 is 2.68 bits per heavy atom. The van der Waals surface area contributed by atoms with Crippen LogP contribution in [0.3, 0.4) is 0 Å². The van der Waals surface area contributed by atoms with Crippen molar-refractivity contribution >= 4 is 22.3 Å². The predicted molar refractivity (Wildman–Crippen MR) is 77.0 cm³/mol. The standard InChI is InChI=1S/C14H16N2O2S/c1-8(2)10-6-9(4-5-12(10)18-3)13(17)11-7-19-14(15)16-11/h4-8H,1-3H3,(H2,15,16). The van der Waals surface area contributed by atoms with E-state index in [9.17, 15) is 4.79 Å². The second kappa shape index (κ2) is 5.40. The quantitative estimate of drug-likeness (QED) is 0.871. The van der Waals surface area contributed by atoms with Gasteiger partial charge in [-0.05, 0) is 29.7 Å². The van der Waals surface area contributed by atoms with Crippen LogP contribution in [0.4, 0.5) is 5.13 Å².